The van der Waals surface area contributed by atoms with E-state index in [9.17, 15) is 9.90 Å². The molecule has 9 heteroatoms. The Balaban J connectivity index is 1.13. The molecule has 4 aromatic rings. The average Bonchev–Trinajstić information content (AvgIpc) is 3.50. The van der Waals surface area contributed by atoms with Crippen molar-refractivity contribution in [3.63, 3.8) is 0 Å². The average molecular weight is 570 g/mol. The van der Waals surface area contributed by atoms with Crippen LogP contribution < -0.4 is 0 Å². The van der Waals surface area contributed by atoms with Gasteiger partial charge in [0, 0.05) is 22.6 Å². The fraction of sp³-hybridized carbons (Fsp3) is 0.414. The number of carbonyl (C=O) groups excluding carboxylic acids is 1. The number of ether oxygens (including phenoxy) is 1. The van der Waals surface area contributed by atoms with E-state index in [4.69, 9.17) is 37.4 Å². The summed E-state index contributed by atoms with van der Waals surface area (Å²) in [6, 6.07) is 10.9. The molecule has 3 fully saturated rings. The van der Waals surface area contributed by atoms with E-state index in [0.717, 1.165) is 71.4 Å². The van der Waals surface area contributed by atoms with Crippen LogP contribution >= 0.6 is 34.5 Å². The monoisotopic (exact) mass is 568 g/mol. The number of aliphatic hydroxyl groups is 1. The van der Waals surface area contributed by atoms with Crippen molar-refractivity contribution < 1.29 is 19.2 Å². The lowest BCUT2D eigenvalue weighted by Crippen LogP contribution is -2.44. The third kappa shape index (κ3) is 4.02. The first-order chi connectivity index (χ1) is 18.5. The highest BCUT2D eigenvalue weighted by Crippen LogP contribution is 2.57. The summed E-state index contributed by atoms with van der Waals surface area (Å²) < 4.78 is 13.3. The molecule has 38 heavy (non-hydrogen) atoms. The van der Waals surface area contributed by atoms with E-state index in [0.29, 0.717) is 39.4 Å². The van der Waals surface area contributed by atoms with Crippen molar-refractivity contribution in [2.45, 2.75) is 62.8 Å². The minimum atomic E-state index is -0.961. The Kier molecular flexibility index (Phi) is 6.13. The van der Waals surface area contributed by atoms with Gasteiger partial charge in [-0.3, -0.25) is 4.79 Å². The van der Waals surface area contributed by atoms with Gasteiger partial charge in [-0.25, -0.2) is 4.98 Å². The Hall–Kier alpha value is -2.29. The molecule has 2 unspecified atom stereocenters. The fourth-order valence-corrected chi connectivity index (χ4v) is 8.26. The van der Waals surface area contributed by atoms with Gasteiger partial charge in [-0.05, 0) is 80.7 Å². The molecule has 2 heterocycles. The molecular formula is C29H26Cl2N2O4S. The highest BCUT2D eigenvalue weighted by atomic mass is 35.5. The molecule has 196 valence electrons. The number of aldehydes is 1. The van der Waals surface area contributed by atoms with Crippen LogP contribution in [0.2, 0.25) is 10.0 Å². The predicted molar refractivity (Wildman–Crippen MR) is 147 cm³/mol. The molecule has 2 bridgehead atoms. The fourth-order valence-electron chi connectivity index (χ4n) is 6.42. The summed E-state index contributed by atoms with van der Waals surface area (Å²) in [4.78, 5) is 16.0. The molecule has 3 aliphatic carbocycles. The van der Waals surface area contributed by atoms with Gasteiger partial charge in [-0.2, -0.15) is 0 Å². The second kappa shape index (κ2) is 9.42. The second-order valence-corrected chi connectivity index (χ2v) is 12.7. The number of hydrogen-bond acceptors (Lipinski definition) is 7. The molecule has 2 aromatic carbocycles. The van der Waals surface area contributed by atoms with E-state index >= 15 is 0 Å². The summed E-state index contributed by atoms with van der Waals surface area (Å²) in [6.45, 7) is 0.365. The Morgan fingerprint density at radius 1 is 1.11 bits per heavy atom. The topological polar surface area (TPSA) is 85.5 Å². The van der Waals surface area contributed by atoms with Crippen LogP contribution in [0.1, 0.15) is 71.1 Å². The number of hydrogen-bond donors (Lipinski definition) is 1. The van der Waals surface area contributed by atoms with E-state index in [2.05, 4.69) is 5.16 Å². The van der Waals surface area contributed by atoms with Gasteiger partial charge in [0.1, 0.15) is 28.3 Å². The van der Waals surface area contributed by atoms with Crippen LogP contribution in [0.25, 0.3) is 21.5 Å². The summed E-state index contributed by atoms with van der Waals surface area (Å²) in [6.07, 6.45) is 6.41. The van der Waals surface area contributed by atoms with Gasteiger partial charge < -0.3 is 14.4 Å². The molecule has 3 aliphatic rings. The third-order valence-corrected chi connectivity index (χ3v) is 10.3. The molecule has 1 N–H and O–H groups in total. The highest BCUT2D eigenvalue weighted by Gasteiger charge is 2.56. The molecule has 0 radical (unpaired) electrons. The first kappa shape index (κ1) is 24.7. The van der Waals surface area contributed by atoms with Crippen LogP contribution in [0.5, 0.6) is 0 Å². The zero-order valence-electron chi connectivity index (χ0n) is 20.5. The molecule has 0 aliphatic heterocycles. The normalized spacial score (nSPS) is 26.8. The summed E-state index contributed by atoms with van der Waals surface area (Å²) in [5, 5.41) is 18.2. The van der Waals surface area contributed by atoms with Gasteiger partial charge in [-0.1, -0.05) is 34.4 Å². The standard InChI is InChI=1S/C29H26Cl2N2O4S/c30-21-2-1-3-22(31)25(21)26-20(27(37-33-26)16-5-6-16)14-36-19-11-17-7-8-18(12-19)29(17,35)28-32-23-9-4-15(13-34)10-24(23)38-28/h1-4,9-10,13,16-19,35H,5-8,11-12,14H2. The Bertz CT molecular complexity index is 1510. The summed E-state index contributed by atoms with van der Waals surface area (Å²) >= 11 is 14.5. The van der Waals surface area contributed by atoms with E-state index < -0.39 is 5.60 Å². The molecule has 2 aromatic heterocycles. The number of aromatic nitrogens is 2. The van der Waals surface area contributed by atoms with Crippen molar-refractivity contribution in [3.05, 3.63) is 68.3 Å². The lowest BCUT2D eigenvalue weighted by molar-refractivity contribution is -0.116. The SMILES string of the molecule is O=Cc1ccc2nc(C3(O)C4CCC3CC(OCc3c(-c5c(Cl)cccc5Cl)noc3C3CC3)C4)sc2c1. The molecule has 6 nitrogen and oxygen atoms in total. The van der Waals surface area contributed by atoms with E-state index in [1.807, 2.05) is 18.2 Å². The van der Waals surface area contributed by atoms with Crippen molar-refractivity contribution in [2.75, 3.05) is 0 Å². The maximum absolute atomic E-state index is 12.0. The lowest BCUT2D eigenvalue weighted by atomic mass is 9.73. The largest absolute Gasteiger partial charge is 0.382 e. The van der Waals surface area contributed by atoms with Crippen molar-refractivity contribution in [1.82, 2.24) is 10.1 Å². The first-order valence-corrected chi connectivity index (χ1v) is 14.7. The van der Waals surface area contributed by atoms with Crippen molar-refractivity contribution in [1.29, 1.82) is 0 Å². The van der Waals surface area contributed by atoms with Gasteiger partial charge in [0.05, 0.1) is 33.0 Å². The molecule has 7 rings (SSSR count). The zero-order valence-corrected chi connectivity index (χ0v) is 22.9. The van der Waals surface area contributed by atoms with Gasteiger partial charge in [-0.15, -0.1) is 11.3 Å². The summed E-state index contributed by atoms with van der Waals surface area (Å²) in [7, 11) is 0. The predicted octanol–water partition coefficient (Wildman–Crippen LogP) is 7.54. The zero-order chi connectivity index (χ0) is 26.0. The van der Waals surface area contributed by atoms with E-state index in [1.165, 1.54) is 11.3 Å². The molecule has 0 spiro atoms. The lowest BCUT2D eigenvalue weighted by Gasteiger charge is -2.41. The number of carbonyl (C=O) groups is 1. The molecule has 3 saturated carbocycles. The van der Waals surface area contributed by atoms with E-state index in [1.54, 1.807) is 18.2 Å². The number of halogens is 2. The number of fused-ring (bicyclic) bond motifs is 3. The van der Waals surface area contributed by atoms with Gasteiger partial charge >= 0.3 is 0 Å². The van der Waals surface area contributed by atoms with Crippen LogP contribution in [-0.4, -0.2) is 27.6 Å². The van der Waals surface area contributed by atoms with Gasteiger partial charge in [0.15, 0.2) is 0 Å². The Labute approximate surface area is 233 Å². The van der Waals surface area contributed by atoms with Crippen molar-refractivity contribution in [2.24, 2.45) is 11.8 Å². The Morgan fingerprint density at radius 3 is 2.53 bits per heavy atom. The van der Waals surface area contributed by atoms with Crippen molar-refractivity contribution in [3.8, 4) is 11.3 Å². The second-order valence-electron chi connectivity index (χ2n) is 10.8. The highest BCUT2D eigenvalue weighted by molar-refractivity contribution is 7.18. The molecule has 0 saturated heterocycles. The number of thiazole rings is 1. The smallest absolute Gasteiger partial charge is 0.150 e. The minimum absolute atomic E-state index is 0.0142. The molecular weight excluding hydrogens is 543 g/mol. The quantitative estimate of drug-likeness (QED) is 0.232. The van der Waals surface area contributed by atoms with Crippen LogP contribution in [0.4, 0.5) is 0 Å². The summed E-state index contributed by atoms with van der Waals surface area (Å²) in [5.41, 5.74) is 2.74. The third-order valence-electron chi connectivity index (χ3n) is 8.52. The van der Waals surface area contributed by atoms with Crippen LogP contribution in [0.3, 0.4) is 0 Å². The molecule has 0 amide bonds. The van der Waals surface area contributed by atoms with Crippen LogP contribution in [0, 0.1) is 11.8 Å². The van der Waals surface area contributed by atoms with Crippen molar-refractivity contribution >= 4 is 51.0 Å². The van der Waals surface area contributed by atoms with Crippen LogP contribution in [0.15, 0.2) is 40.9 Å². The summed E-state index contributed by atoms with van der Waals surface area (Å²) in [5.74, 6) is 1.37. The van der Waals surface area contributed by atoms with Gasteiger partial charge in [0.2, 0.25) is 0 Å². The number of benzene rings is 2. The van der Waals surface area contributed by atoms with Gasteiger partial charge in [0.25, 0.3) is 0 Å². The maximum atomic E-state index is 12.0. The van der Waals surface area contributed by atoms with E-state index in [-0.39, 0.29) is 17.9 Å². The Morgan fingerprint density at radius 2 is 1.84 bits per heavy atom. The molecule has 2 atom stereocenters. The number of rotatable bonds is 7. The number of nitrogens with zero attached hydrogens (tertiary/aromatic N) is 2. The van der Waals surface area contributed by atoms with Crippen LogP contribution in [-0.2, 0) is 16.9 Å². The first-order valence-electron chi connectivity index (χ1n) is 13.1. The minimum Gasteiger partial charge on any atom is -0.382 e. The maximum Gasteiger partial charge on any atom is 0.150 e.